The number of rotatable bonds is 1. The van der Waals surface area contributed by atoms with Gasteiger partial charge in [-0.1, -0.05) is 41.3 Å². The maximum atomic E-state index is 13.1. The van der Waals surface area contributed by atoms with Gasteiger partial charge in [-0.3, -0.25) is 0 Å². The monoisotopic (exact) mass is 188 g/mol. The minimum absolute atomic E-state index is 0.781. The molecule has 0 aliphatic heterocycles. The van der Waals surface area contributed by atoms with Crippen molar-refractivity contribution in [1.82, 2.24) is 0 Å². The van der Waals surface area contributed by atoms with E-state index in [1.807, 2.05) is 32.1 Å². The van der Waals surface area contributed by atoms with E-state index in [0.29, 0.717) is 0 Å². The Labute approximate surface area is 77.1 Å². The third-order valence-electron chi connectivity index (χ3n) is 1.56. The predicted octanol–water partition coefficient (Wildman–Crippen LogP) is 3.85. The van der Waals surface area contributed by atoms with Crippen LogP contribution in [0.4, 0.5) is 4.39 Å². The van der Waals surface area contributed by atoms with Crippen LogP contribution in [-0.4, -0.2) is 5.41 Å². The molecule has 70 valence electrons. The van der Waals surface area contributed by atoms with Gasteiger partial charge < -0.3 is 0 Å². The molecule has 1 rings (SSSR count). The molecule has 2 heteroatoms. The van der Waals surface area contributed by atoms with Crippen molar-refractivity contribution in [3.8, 4) is 0 Å². The third-order valence-corrected chi connectivity index (χ3v) is 1.89. The van der Waals surface area contributed by atoms with E-state index in [1.165, 1.54) is 0 Å². The van der Waals surface area contributed by atoms with Crippen LogP contribution in [0.5, 0.6) is 0 Å². The fourth-order valence-corrected chi connectivity index (χ4v) is 1.19. The fourth-order valence-electron chi connectivity index (χ4n) is 0.976. The van der Waals surface area contributed by atoms with E-state index in [-0.39, 0.29) is 0 Å². The first-order valence-electron chi connectivity index (χ1n) is 4.45. The SMILES string of the molecule is CC.CC(F)(P)C1=CCCC=C1. The molecule has 2 atom stereocenters. The van der Waals surface area contributed by atoms with Crippen molar-refractivity contribution in [2.75, 3.05) is 0 Å². The summed E-state index contributed by atoms with van der Waals surface area (Å²) in [4.78, 5) is 0. The molecule has 0 spiro atoms. The van der Waals surface area contributed by atoms with Crippen molar-refractivity contribution < 1.29 is 4.39 Å². The van der Waals surface area contributed by atoms with Crippen molar-refractivity contribution >= 4 is 9.24 Å². The molecule has 0 aromatic carbocycles. The van der Waals surface area contributed by atoms with Crippen molar-refractivity contribution in [3.63, 3.8) is 0 Å². The van der Waals surface area contributed by atoms with E-state index >= 15 is 0 Å². The zero-order valence-corrected chi connectivity index (χ0v) is 9.26. The van der Waals surface area contributed by atoms with Crippen LogP contribution in [0.3, 0.4) is 0 Å². The zero-order chi connectivity index (χ0) is 9.61. The summed E-state index contributed by atoms with van der Waals surface area (Å²) in [5, 5.41) is -1.24. The third kappa shape index (κ3) is 4.01. The average Bonchev–Trinajstić information content (AvgIpc) is 2.08. The van der Waals surface area contributed by atoms with Crippen molar-refractivity contribution in [2.45, 2.75) is 39.0 Å². The Kier molecular flexibility index (Phi) is 5.41. The minimum Gasteiger partial charge on any atom is -0.235 e. The molecule has 0 aromatic rings. The maximum Gasteiger partial charge on any atom is 0.145 e. The lowest BCUT2D eigenvalue weighted by Gasteiger charge is -2.17. The van der Waals surface area contributed by atoms with Crippen LogP contribution in [0.15, 0.2) is 23.8 Å². The average molecular weight is 188 g/mol. The summed E-state index contributed by atoms with van der Waals surface area (Å²) in [6.45, 7) is 5.55. The zero-order valence-electron chi connectivity index (χ0n) is 8.10. The summed E-state index contributed by atoms with van der Waals surface area (Å²) >= 11 is 0. The second kappa shape index (κ2) is 5.48. The van der Waals surface area contributed by atoms with Gasteiger partial charge in [0, 0.05) is 0 Å². The van der Waals surface area contributed by atoms with Crippen LogP contribution in [0.2, 0.25) is 0 Å². The van der Waals surface area contributed by atoms with Gasteiger partial charge in [0.25, 0.3) is 0 Å². The first-order valence-corrected chi connectivity index (χ1v) is 5.03. The van der Waals surface area contributed by atoms with E-state index in [1.54, 1.807) is 6.92 Å². The highest BCUT2D eigenvalue weighted by atomic mass is 31.0. The van der Waals surface area contributed by atoms with E-state index in [2.05, 4.69) is 9.24 Å². The Balaban J connectivity index is 0.000000561. The molecule has 0 saturated carbocycles. The molecule has 0 amide bonds. The molecule has 0 N–H and O–H groups in total. The van der Waals surface area contributed by atoms with E-state index in [9.17, 15) is 4.39 Å². The highest BCUT2D eigenvalue weighted by Gasteiger charge is 2.20. The van der Waals surface area contributed by atoms with Gasteiger partial charge >= 0.3 is 0 Å². The van der Waals surface area contributed by atoms with Crippen LogP contribution < -0.4 is 0 Å². The number of hydrogen-bond acceptors (Lipinski definition) is 0. The minimum atomic E-state index is -1.24. The summed E-state index contributed by atoms with van der Waals surface area (Å²) < 4.78 is 13.1. The molecule has 0 radical (unpaired) electrons. The molecule has 0 aromatic heterocycles. The van der Waals surface area contributed by atoms with Gasteiger partial charge in [-0.2, -0.15) is 0 Å². The van der Waals surface area contributed by atoms with Crippen LogP contribution in [-0.2, 0) is 0 Å². The van der Waals surface area contributed by atoms with E-state index < -0.39 is 5.41 Å². The first kappa shape index (κ1) is 11.8. The molecule has 0 saturated heterocycles. The number of hydrogen-bond donors (Lipinski definition) is 0. The molecule has 1 aliphatic rings. The number of alkyl halides is 1. The Morgan fingerprint density at radius 3 is 2.25 bits per heavy atom. The van der Waals surface area contributed by atoms with Gasteiger partial charge in [-0.15, -0.1) is 0 Å². The second-order valence-corrected chi connectivity index (χ2v) is 3.80. The molecular formula is C10H18FP. The molecule has 0 bridgehead atoms. The van der Waals surface area contributed by atoms with Crippen molar-refractivity contribution in [2.24, 2.45) is 0 Å². The smallest absolute Gasteiger partial charge is 0.145 e. The summed E-state index contributed by atoms with van der Waals surface area (Å²) in [5.41, 5.74) is 0.781. The molecule has 0 fully saturated rings. The van der Waals surface area contributed by atoms with E-state index in [4.69, 9.17) is 0 Å². The normalized spacial score (nSPS) is 20.2. The Morgan fingerprint density at radius 1 is 1.42 bits per heavy atom. The van der Waals surface area contributed by atoms with Gasteiger partial charge in [0.2, 0.25) is 0 Å². The van der Waals surface area contributed by atoms with Gasteiger partial charge in [-0.25, -0.2) is 4.39 Å². The lowest BCUT2D eigenvalue weighted by atomic mass is 10.0. The maximum absolute atomic E-state index is 13.1. The molecule has 0 heterocycles. The highest BCUT2D eigenvalue weighted by Crippen LogP contribution is 2.31. The van der Waals surface area contributed by atoms with Gasteiger partial charge in [-0.05, 0) is 25.3 Å². The summed E-state index contributed by atoms with van der Waals surface area (Å²) in [7, 11) is 2.20. The molecule has 12 heavy (non-hydrogen) atoms. The number of halogens is 1. The summed E-state index contributed by atoms with van der Waals surface area (Å²) in [6.07, 6.45) is 7.84. The highest BCUT2D eigenvalue weighted by molar-refractivity contribution is 7.19. The predicted molar refractivity (Wildman–Crippen MR) is 57.0 cm³/mol. The van der Waals surface area contributed by atoms with Gasteiger partial charge in [0.15, 0.2) is 0 Å². The first-order chi connectivity index (χ1) is 5.61. The van der Waals surface area contributed by atoms with Crippen LogP contribution >= 0.6 is 9.24 Å². The molecular weight excluding hydrogens is 170 g/mol. The Bertz CT molecular complexity index is 175. The molecule has 2 unspecified atom stereocenters. The Hall–Kier alpha value is -0.160. The second-order valence-electron chi connectivity index (χ2n) is 2.71. The lowest BCUT2D eigenvalue weighted by molar-refractivity contribution is 0.370. The summed E-state index contributed by atoms with van der Waals surface area (Å²) in [5.74, 6) is 0. The topological polar surface area (TPSA) is 0 Å². The lowest BCUT2D eigenvalue weighted by Crippen LogP contribution is -2.10. The number of allylic oxidation sites excluding steroid dienone is 4. The quantitative estimate of drug-likeness (QED) is 0.548. The van der Waals surface area contributed by atoms with Gasteiger partial charge in [0.05, 0.1) is 0 Å². The van der Waals surface area contributed by atoms with E-state index in [0.717, 1.165) is 18.4 Å². The summed E-state index contributed by atoms with van der Waals surface area (Å²) in [6, 6.07) is 0. The standard InChI is InChI=1S/C8H12FP.C2H6/c1-8(9,10)7-5-3-2-4-6-7;1-2/h3,5-6H,2,4,10H2,1H3;1-2H3. The van der Waals surface area contributed by atoms with Crippen LogP contribution in [0.1, 0.15) is 33.6 Å². The fraction of sp³-hybridized carbons (Fsp3) is 0.600. The molecule has 1 aliphatic carbocycles. The molecule has 0 nitrogen and oxygen atoms in total. The van der Waals surface area contributed by atoms with Crippen molar-refractivity contribution in [3.05, 3.63) is 23.8 Å². The van der Waals surface area contributed by atoms with Crippen molar-refractivity contribution in [1.29, 1.82) is 0 Å². The van der Waals surface area contributed by atoms with Crippen LogP contribution in [0.25, 0.3) is 0 Å². The van der Waals surface area contributed by atoms with Gasteiger partial charge in [0.1, 0.15) is 5.41 Å². The largest absolute Gasteiger partial charge is 0.235 e. The Morgan fingerprint density at radius 2 is 2.00 bits per heavy atom. The van der Waals surface area contributed by atoms with Crippen LogP contribution in [0, 0.1) is 0 Å².